The summed E-state index contributed by atoms with van der Waals surface area (Å²) in [6.07, 6.45) is 0. The lowest BCUT2D eigenvalue weighted by Gasteiger charge is -1.93. The highest BCUT2D eigenvalue weighted by Gasteiger charge is 2.12. The quantitative estimate of drug-likeness (QED) is 0.791. The minimum atomic E-state index is -1.17. The first-order chi connectivity index (χ1) is 7.16. The summed E-state index contributed by atoms with van der Waals surface area (Å²) in [6.45, 7) is 0. The normalized spacial score (nSPS) is 10.2. The molecule has 0 spiro atoms. The largest absolute Gasteiger partial charge is 0.475 e. The molecule has 2 heterocycles. The van der Waals surface area contributed by atoms with Crippen molar-refractivity contribution in [1.29, 1.82) is 0 Å². The summed E-state index contributed by atoms with van der Waals surface area (Å²) in [7, 11) is 0. The second kappa shape index (κ2) is 3.70. The van der Waals surface area contributed by atoms with E-state index in [9.17, 15) is 4.79 Å². The van der Waals surface area contributed by atoms with Crippen molar-refractivity contribution >= 4 is 17.6 Å². The number of pyridine rings is 1. The molecule has 15 heavy (non-hydrogen) atoms. The van der Waals surface area contributed by atoms with Crippen molar-refractivity contribution in [1.82, 2.24) is 10.1 Å². The van der Waals surface area contributed by atoms with Gasteiger partial charge in [-0.25, -0.2) is 9.78 Å². The van der Waals surface area contributed by atoms with Crippen molar-refractivity contribution in [2.45, 2.75) is 0 Å². The molecule has 2 aromatic heterocycles. The zero-order valence-electron chi connectivity index (χ0n) is 7.35. The summed E-state index contributed by atoms with van der Waals surface area (Å²) in [4.78, 5) is 14.5. The maximum Gasteiger partial charge on any atom is 0.374 e. The van der Waals surface area contributed by atoms with Gasteiger partial charge in [-0.2, -0.15) is 0 Å². The molecule has 0 aliphatic rings. The van der Waals surface area contributed by atoms with Crippen LogP contribution >= 0.6 is 11.6 Å². The molecule has 0 bridgehead atoms. The van der Waals surface area contributed by atoms with Crippen LogP contribution < -0.4 is 0 Å². The molecule has 0 aliphatic carbocycles. The Kier molecular flexibility index (Phi) is 2.39. The van der Waals surface area contributed by atoms with Gasteiger partial charge in [0.15, 0.2) is 0 Å². The van der Waals surface area contributed by atoms with Crippen LogP contribution in [0.3, 0.4) is 0 Å². The van der Waals surface area contributed by atoms with Crippen molar-refractivity contribution in [2.75, 3.05) is 0 Å². The van der Waals surface area contributed by atoms with Gasteiger partial charge in [-0.1, -0.05) is 22.8 Å². The number of hydrogen-bond donors (Lipinski definition) is 1. The Morgan fingerprint density at radius 1 is 1.40 bits per heavy atom. The summed E-state index contributed by atoms with van der Waals surface area (Å²) in [5.74, 6) is -1.40. The zero-order chi connectivity index (χ0) is 10.8. The zero-order valence-corrected chi connectivity index (χ0v) is 8.10. The summed E-state index contributed by atoms with van der Waals surface area (Å²) in [5.41, 5.74) is 0.814. The summed E-state index contributed by atoms with van der Waals surface area (Å²) in [6, 6.07) is 6.26. The van der Waals surface area contributed by atoms with Crippen molar-refractivity contribution in [3.05, 3.63) is 35.2 Å². The molecule has 0 unspecified atom stereocenters. The van der Waals surface area contributed by atoms with Crippen LogP contribution in [-0.4, -0.2) is 21.2 Å². The number of aromatic carboxylic acids is 1. The van der Waals surface area contributed by atoms with Crippen molar-refractivity contribution < 1.29 is 14.4 Å². The topological polar surface area (TPSA) is 76.2 Å². The van der Waals surface area contributed by atoms with Gasteiger partial charge in [-0.15, -0.1) is 0 Å². The van der Waals surface area contributed by atoms with Crippen LogP contribution in [0.1, 0.15) is 10.6 Å². The van der Waals surface area contributed by atoms with E-state index in [1.165, 1.54) is 6.07 Å². The molecule has 0 fully saturated rings. The molecule has 2 rings (SSSR count). The third-order valence-corrected chi connectivity index (χ3v) is 1.91. The first-order valence-corrected chi connectivity index (χ1v) is 4.37. The molecule has 0 aromatic carbocycles. The molecule has 0 aliphatic heterocycles. The van der Waals surface area contributed by atoms with Crippen LogP contribution in [0.25, 0.3) is 11.4 Å². The molecule has 0 saturated carbocycles. The highest BCUT2D eigenvalue weighted by molar-refractivity contribution is 6.29. The fourth-order valence-electron chi connectivity index (χ4n) is 1.05. The summed E-state index contributed by atoms with van der Waals surface area (Å²) in [5, 5.41) is 12.5. The Morgan fingerprint density at radius 2 is 2.20 bits per heavy atom. The Morgan fingerprint density at radius 3 is 2.80 bits per heavy atom. The van der Waals surface area contributed by atoms with Crippen LogP contribution in [0.5, 0.6) is 0 Å². The van der Waals surface area contributed by atoms with E-state index in [1.54, 1.807) is 18.2 Å². The van der Waals surface area contributed by atoms with E-state index < -0.39 is 5.97 Å². The maximum absolute atomic E-state index is 10.5. The fraction of sp³-hybridized carbons (Fsp3) is 0. The predicted octanol–water partition coefficient (Wildman–Crippen LogP) is 2.09. The Balaban J connectivity index is 2.41. The molecule has 2 aromatic rings. The van der Waals surface area contributed by atoms with Gasteiger partial charge in [0, 0.05) is 6.07 Å². The Hall–Kier alpha value is -1.88. The van der Waals surface area contributed by atoms with Gasteiger partial charge in [0.25, 0.3) is 0 Å². The van der Waals surface area contributed by atoms with Crippen molar-refractivity contribution in [3.8, 4) is 11.4 Å². The molecule has 0 radical (unpaired) electrons. The molecule has 76 valence electrons. The Bertz CT molecular complexity index is 510. The number of aromatic nitrogens is 2. The molecule has 6 heteroatoms. The first-order valence-electron chi connectivity index (χ1n) is 4.00. The third-order valence-electron chi connectivity index (χ3n) is 1.70. The number of carboxylic acids is 1. The lowest BCUT2D eigenvalue weighted by molar-refractivity contribution is 0.0652. The summed E-state index contributed by atoms with van der Waals surface area (Å²) >= 11 is 5.68. The van der Waals surface area contributed by atoms with E-state index in [0.29, 0.717) is 16.5 Å². The molecule has 5 nitrogen and oxygen atoms in total. The third kappa shape index (κ3) is 1.97. The van der Waals surface area contributed by atoms with E-state index >= 15 is 0 Å². The molecular weight excluding hydrogens is 220 g/mol. The number of carboxylic acid groups (broad SMARTS) is 1. The van der Waals surface area contributed by atoms with E-state index in [-0.39, 0.29) is 5.76 Å². The second-order valence-electron chi connectivity index (χ2n) is 2.73. The van der Waals surface area contributed by atoms with Crippen LogP contribution in [0.15, 0.2) is 28.8 Å². The minimum Gasteiger partial charge on any atom is -0.475 e. The van der Waals surface area contributed by atoms with E-state index in [2.05, 4.69) is 14.7 Å². The van der Waals surface area contributed by atoms with Gasteiger partial charge < -0.3 is 9.63 Å². The van der Waals surface area contributed by atoms with Crippen molar-refractivity contribution in [3.63, 3.8) is 0 Å². The molecule has 0 amide bonds. The van der Waals surface area contributed by atoms with Gasteiger partial charge in [-0.3, -0.25) is 0 Å². The second-order valence-corrected chi connectivity index (χ2v) is 3.11. The predicted molar refractivity (Wildman–Crippen MR) is 51.7 cm³/mol. The average Bonchev–Trinajstić information content (AvgIpc) is 2.66. The van der Waals surface area contributed by atoms with Gasteiger partial charge in [0.1, 0.15) is 10.8 Å². The smallest absolute Gasteiger partial charge is 0.374 e. The van der Waals surface area contributed by atoms with E-state index in [0.717, 1.165) is 0 Å². The SMILES string of the molecule is O=C(O)c1cc(-c2cccc(Cl)n2)no1. The van der Waals surface area contributed by atoms with Gasteiger partial charge >= 0.3 is 5.97 Å². The molecular formula is C9H5ClN2O3. The highest BCUT2D eigenvalue weighted by Crippen LogP contribution is 2.18. The number of hydrogen-bond acceptors (Lipinski definition) is 4. The van der Waals surface area contributed by atoms with Crippen LogP contribution in [-0.2, 0) is 0 Å². The monoisotopic (exact) mass is 224 g/mol. The average molecular weight is 225 g/mol. The number of nitrogens with zero attached hydrogens (tertiary/aromatic N) is 2. The van der Waals surface area contributed by atoms with Crippen molar-refractivity contribution in [2.24, 2.45) is 0 Å². The van der Waals surface area contributed by atoms with Crippen LogP contribution in [0, 0.1) is 0 Å². The number of carbonyl (C=O) groups is 1. The lowest BCUT2D eigenvalue weighted by atomic mass is 10.2. The molecule has 0 atom stereocenters. The Labute approximate surface area is 89.3 Å². The van der Waals surface area contributed by atoms with Crippen LogP contribution in [0.2, 0.25) is 5.15 Å². The number of rotatable bonds is 2. The summed E-state index contributed by atoms with van der Waals surface area (Å²) < 4.78 is 4.59. The van der Waals surface area contributed by atoms with E-state index in [1.807, 2.05) is 0 Å². The molecule has 0 saturated heterocycles. The number of halogens is 1. The minimum absolute atomic E-state index is 0.230. The molecule has 1 N–H and O–H groups in total. The standard InChI is InChI=1S/C9H5ClN2O3/c10-8-3-1-2-5(11-8)6-4-7(9(13)14)15-12-6/h1-4H,(H,13,14). The first kappa shape index (κ1) is 9.67. The lowest BCUT2D eigenvalue weighted by Crippen LogP contribution is -1.91. The van der Waals surface area contributed by atoms with Gasteiger partial charge in [0.05, 0.1) is 5.69 Å². The highest BCUT2D eigenvalue weighted by atomic mass is 35.5. The maximum atomic E-state index is 10.5. The van der Waals surface area contributed by atoms with Crippen LogP contribution in [0.4, 0.5) is 0 Å². The fourth-order valence-corrected chi connectivity index (χ4v) is 1.21. The van der Waals surface area contributed by atoms with Gasteiger partial charge in [0.2, 0.25) is 5.76 Å². The van der Waals surface area contributed by atoms with Gasteiger partial charge in [-0.05, 0) is 12.1 Å². The van der Waals surface area contributed by atoms with E-state index in [4.69, 9.17) is 16.7 Å².